The fourth-order valence-corrected chi connectivity index (χ4v) is 3.22. The van der Waals surface area contributed by atoms with Gasteiger partial charge in [-0.3, -0.25) is 0 Å². The van der Waals surface area contributed by atoms with Crippen molar-refractivity contribution in [1.82, 2.24) is 4.41 Å². The summed E-state index contributed by atoms with van der Waals surface area (Å²) in [6.07, 6.45) is 2.90. The zero-order valence-electron chi connectivity index (χ0n) is 11.2. The third-order valence-corrected chi connectivity index (χ3v) is 4.26. The van der Waals surface area contributed by atoms with Gasteiger partial charge in [-0.15, -0.1) is 0 Å². The van der Waals surface area contributed by atoms with Crippen molar-refractivity contribution in [3.8, 4) is 0 Å². The minimum Gasteiger partial charge on any atom is -0.467 e. The summed E-state index contributed by atoms with van der Waals surface area (Å²) < 4.78 is 43.4. The second kappa shape index (κ2) is 5.00. The molecule has 1 aromatic heterocycles. The Morgan fingerprint density at radius 2 is 2.14 bits per heavy atom. The normalized spacial score (nSPS) is 18.9. The van der Waals surface area contributed by atoms with Crippen molar-refractivity contribution in [3.63, 3.8) is 0 Å². The zero-order chi connectivity index (χ0) is 15.0. The minimum atomic E-state index is -3.54. The van der Waals surface area contributed by atoms with Crippen LogP contribution in [0.4, 0.5) is 4.39 Å². The number of benzene rings is 1. The van der Waals surface area contributed by atoms with E-state index in [1.165, 1.54) is 18.4 Å². The molecule has 0 spiro atoms. The molecule has 0 amide bonds. The van der Waals surface area contributed by atoms with E-state index in [9.17, 15) is 12.8 Å². The number of rotatable bonds is 3. The van der Waals surface area contributed by atoms with Crippen LogP contribution in [-0.4, -0.2) is 24.8 Å². The molecule has 1 aromatic carbocycles. The lowest BCUT2D eigenvalue weighted by Gasteiger charge is -2.18. The molecule has 0 aliphatic carbocycles. The Morgan fingerprint density at radius 3 is 2.76 bits per heavy atom. The van der Waals surface area contributed by atoms with Crippen molar-refractivity contribution in [3.05, 3.63) is 59.8 Å². The molecule has 5 nitrogen and oxygen atoms in total. The average molecular weight is 308 g/mol. The fraction of sp³-hybridized carbons (Fsp3) is 0.214. The SMILES string of the molecule is CS(=O)(=O)N1N=C(c2cccc(F)c2)CC1c1ccco1. The van der Waals surface area contributed by atoms with Gasteiger partial charge in [-0.2, -0.15) is 9.52 Å². The number of sulfonamides is 1. The highest BCUT2D eigenvalue weighted by molar-refractivity contribution is 7.88. The lowest BCUT2D eigenvalue weighted by molar-refractivity contribution is 0.322. The number of hydrazone groups is 1. The fourth-order valence-electron chi connectivity index (χ4n) is 2.33. The van der Waals surface area contributed by atoms with Crippen LogP contribution in [0.2, 0.25) is 0 Å². The molecule has 21 heavy (non-hydrogen) atoms. The highest BCUT2D eigenvalue weighted by atomic mass is 32.2. The maximum atomic E-state index is 13.3. The summed E-state index contributed by atoms with van der Waals surface area (Å²) in [4.78, 5) is 0. The van der Waals surface area contributed by atoms with Crippen molar-refractivity contribution in [2.45, 2.75) is 12.5 Å². The van der Waals surface area contributed by atoms with Gasteiger partial charge in [0.1, 0.15) is 17.6 Å². The molecule has 0 radical (unpaired) electrons. The van der Waals surface area contributed by atoms with E-state index in [1.54, 1.807) is 24.3 Å². The lowest BCUT2D eigenvalue weighted by Crippen LogP contribution is -2.25. The summed E-state index contributed by atoms with van der Waals surface area (Å²) in [6, 6.07) is 8.79. The Morgan fingerprint density at radius 1 is 1.33 bits per heavy atom. The van der Waals surface area contributed by atoms with Crippen LogP contribution in [0.15, 0.2) is 52.2 Å². The molecule has 2 heterocycles. The molecule has 0 N–H and O–H groups in total. The van der Waals surface area contributed by atoms with Gasteiger partial charge < -0.3 is 4.42 Å². The Kier molecular flexibility index (Phi) is 3.29. The molecule has 3 rings (SSSR count). The van der Waals surface area contributed by atoms with Gasteiger partial charge in [0.05, 0.1) is 18.2 Å². The molecule has 110 valence electrons. The van der Waals surface area contributed by atoms with Gasteiger partial charge in [-0.05, 0) is 24.3 Å². The van der Waals surface area contributed by atoms with Gasteiger partial charge in [0.25, 0.3) is 0 Å². The first-order valence-corrected chi connectivity index (χ1v) is 8.16. The summed E-state index contributed by atoms with van der Waals surface area (Å²) in [5.74, 6) is 0.123. The molecule has 1 unspecified atom stereocenters. The van der Waals surface area contributed by atoms with Crippen LogP contribution < -0.4 is 0 Å². The predicted molar refractivity (Wildman–Crippen MR) is 75.7 cm³/mol. The summed E-state index contributed by atoms with van der Waals surface area (Å²) in [6.45, 7) is 0. The molecule has 1 atom stereocenters. The first kappa shape index (κ1) is 13.8. The molecule has 7 heteroatoms. The summed E-state index contributed by atoms with van der Waals surface area (Å²) in [7, 11) is -3.54. The summed E-state index contributed by atoms with van der Waals surface area (Å²) >= 11 is 0. The zero-order valence-corrected chi connectivity index (χ0v) is 12.0. The number of hydrogen-bond acceptors (Lipinski definition) is 4. The average Bonchev–Trinajstić information content (AvgIpc) is 3.07. The van der Waals surface area contributed by atoms with E-state index < -0.39 is 16.1 Å². The molecule has 1 aliphatic rings. The van der Waals surface area contributed by atoms with Gasteiger partial charge in [-0.1, -0.05) is 12.1 Å². The van der Waals surface area contributed by atoms with Crippen LogP contribution in [0.5, 0.6) is 0 Å². The molecule has 0 saturated heterocycles. The topological polar surface area (TPSA) is 62.9 Å². The lowest BCUT2D eigenvalue weighted by atomic mass is 10.0. The third-order valence-electron chi connectivity index (χ3n) is 3.24. The Labute approximate surface area is 121 Å². The predicted octanol–water partition coefficient (Wildman–Crippen LogP) is 2.53. The van der Waals surface area contributed by atoms with Crippen LogP contribution in [0.25, 0.3) is 0 Å². The smallest absolute Gasteiger partial charge is 0.247 e. The number of furan rings is 1. The molecule has 1 aliphatic heterocycles. The van der Waals surface area contributed by atoms with Crippen molar-refractivity contribution in [1.29, 1.82) is 0 Å². The van der Waals surface area contributed by atoms with E-state index in [0.29, 0.717) is 23.5 Å². The molecular formula is C14H13FN2O3S. The molecule has 0 bridgehead atoms. The van der Waals surface area contributed by atoms with Crippen LogP contribution in [0, 0.1) is 5.82 Å². The van der Waals surface area contributed by atoms with Crippen LogP contribution in [0.3, 0.4) is 0 Å². The monoisotopic (exact) mass is 308 g/mol. The standard InChI is InChI=1S/C14H13FN2O3S/c1-21(18,19)17-13(14-6-3-7-20-14)9-12(16-17)10-4-2-5-11(15)8-10/h2-8,13H,9H2,1H3. The Bertz CT molecular complexity index is 784. The molecule has 0 saturated carbocycles. The van der Waals surface area contributed by atoms with Crippen molar-refractivity contribution in [2.24, 2.45) is 5.10 Å². The molecular weight excluding hydrogens is 295 g/mol. The first-order chi connectivity index (χ1) is 9.95. The molecule has 0 fully saturated rings. The Balaban J connectivity index is 2.01. The van der Waals surface area contributed by atoms with Crippen molar-refractivity contribution < 1.29 is 17.2 Å². The van der Waals surface area contributed by atoms with Gasteiger partial charge in [-0.25, -0.2) is 12.8 Å². The van der Waals surface area contributed by atoms with E-state index in [0.717, 1.165) is 10.7 Å². The maximum absolute atomic E-state index is 13.3. The summed E-state index contributed by atoms with van der Waals surface area (Å²) in [5, 5.41) is 4.14. The van der Waals surface area contributed by atoms with Crippen molar-refractivity contribution >= 4 is 15.7 Å². The van der Waals surface area contributed by atoms with E-state index in [1.807, 2.05) is 0 Å². The Hall–Kier alpha value is -2.15. The highest BCUT2D eigenvalue weighted by Gasteiger charge is 2.36. The summed E-state index contributed by atoms with van der Waals surface area (Å²) in [5.41, 5.74) is 1.08. The second-order valence-corrected chi connectivity index (χ2v) is 6.67. The van der Waals surface area contributed by atoms with Gasteiger partial charge in [0, 0.05) is 12.0 Å². The number of hydrogen-bond donors (Lipinski definition) is 0. The first-order valence-electron chi connectivity index (χ1n) is 6.31. The number of nitrogens with zero attached hydrogens (tertiary/aromatic N) is 2. The largest absolute Gasteiger partial charge is 0.467 e. The van der Waals surface area contributed by atoms with Crippen LogP contribution in [0.1, 0.15) is 23.8 Å². The second-order valence-electron chi connectivity index (χ2n) is 4.83. The van der Waals surface area contributed by atoms with Crippen molar-refractivity contribution in [2.75, 3.05) is 6.26 Å². The van der Waals surface area contributed by atoms with Gasteiger partial charge in [0.2, 0.25) is 10.0 Å². The van der Waals surface area contributed by atoms with E-state index in [4.69, 9.17) is 4.42 Å². The van der Waals surface area contributed by atoms with E-state index in [-0.39, 0.29) is 5.82 Å². The third kappa shape index (κ3) is 2.69. The number of halogens is 1. The van der Waals surface area contributed by atoms with E-state index >= 15 is 0 Å². The minimum absolute atomic E-state index is 0.337. The quantitative estimate of drug-likeness (QED) is 0.875. The van der Waals surface area contributed by atoms with E-state index in [2.05, 4.69) is 5.10 Å². The molecule has 2 aromatic rings. The van der Waals surface area contributed by atoms with Crippen LogP contribution in [-0.2, 0) is 10.0 Å². The highest BCUT2D eigenvalue weighted by Crippen LogP contribution is 2.34. The maximum Gasteiger partial charge on any atom is 0.247 e. The van der Waals surface area contributed by atoms with Crippen LogP contribution >= 0.6 is 0 Å². The van der Waals surface area contributed by atoms with Gasteiger partial charge >= 0.3 is 0 Å². The van der Waals surface area contributed by atoms with Gasteiger partial charge in [0.15, 0.2) is 0 Å².